The predicted molar refractivity (Wildman–Crippen MR) is 187 cm³/mol. The number of para-hydroxylation sites is 1. The number of nitrogens with zero attached hydrogens (tertiary/aromatic N) is 2. The van der Waals surface area contributed by atoms with Gasteiger partial charge in [0, 0.05) is 21.9 Å². The number of esters is 3. The zero-order valence-corrected chi connectivity index (χ0v) is 28.1. The molecule has 0 N–H and O–H groups in total. The summed E-state index contributed by atoms with van der Waals surface area (Å²) in [6.45, 7) is -0.387. The van der Waals surface area contributed by atoms with Crippen LogP contribution in [0, 0.1) is 10.1 Å². The minimum Gasteiger partial charge on any atom is -0.459 e. The molecule has 0 bridgehead atoms. The lowest BCUT2D eigenvalue weighted by Crippen LogP contribution is -2.47. The zero-order valence-electron chi connectivity index (χ0n) is 26.5. The van der Waals surface area contributed by atoms with Crippen molar-refractivity contribution < 1.29 is 38.3 Å². The molecule has 7 rings (SSSR count). The maximum absolute atomic E-state index is 13.7. The van der Waals surface area contributed by atoms with Crippen LogP contribution in [0.4, 0.5) is 17.1 Å². The van der Waals surface area contributed by atoms with Crippen LogP contribution in [0.25, 0.3) is 0 Å². The number of benzene rings is 5. The zero-order chi connectivity index (χ0) is 35.5. The van der Waals surface area contributed by atoms with Gasteiger partial charge >= 0.3 is 17.9 Å². The van der Waals surface area contributed by atoms with E-state index in [-0.39, 0.29) is 23.4 Å². The molecule has 1 saturated heterocycles. The van der Waals surface area contributed by atoms with Crippen molar-refractivity contribution in [1.82, 2.24) is 0 Å². The Bertz CT molecular complexity index is 2100. The van der Waals surface area contributed by atoms with E-state index in [0.29, 0.717) is 31.8 Å². The summed E-state index contributed by atoms with van der Waals surface area (Å²) in [5, 5.41) is 12.1. The number of anilines is 2. The Morgan fingerprint density at radius 3 is 1.88 bits per heavy atom. The fourth-order valence-corrected chi connectivity index (χ4v) is 7.34. The van der Waals surface area contributed by atoms with Gasteiger partial charge in [-0.1, -0.05) is 84.0 Å². The Balaban J connectivity index is 1.34. The first-order chi connectivity index (χ1) is 24.8. The van der Waals surface area contributed by atoms with Crippen LogP contribution in [0.1, 0.15) is 31.1 Å². The molecule has 1 fully saturated rings. The van der Waals surface area contributed by atoms with Crippen LogP contribution < -0.4 is 4.90 Å². The molecule has 0 unspecified atom stereocenters. The van der Waals surface area contributed by atoms with Gasteiger partial charge in [-0.15, -0.1) is 0 Å². The summed E-state index contributed by atoms with van der Waals surface area (Å²) < 4.78 is 24.6. The van der Waals surface area contributed by atoms with Crippen molar-refractivity contribution in [2.45, 2.75) is 34.3 Å². The standard InChI is InChI=1S/C38H27ClN2O9S/c39-27-17-10-18-30-32(27)40(28-20-19-26(41(45)46)21-31(28)51-30)35-34(50-38(44)25-15-8-3-9-16-25)33(49-37(43)24-13-6-2-7-14-24)29(48-35)22-47-36(42)23-11-4-1-5-12-23/h1-21,29,33-35H,22H2/t29-,33-,34-,35-/m1/s1. The van der Waals surface area contributed by atoms with Crippen molar-refractivity contribution in [3.05, 3.63) is 159 Å². The number of fused-ring (bicyclic) bond motifs is 2. The molecule has 0 saturated carbocycles. The van der Waals surface area contributed by atoms with Crippen molar-refractivity contribution in [3.8, 4) is 0 Å². The molecule has 0 aromatic heterocycles. The molecule has 11 nitrogen and oxygen atoms in total. The first-order valence-electron chi connectivity index (χ1n) is 15.7. The molecule has 5 aromatic carbocycles. The van der Waals surface area contributed by atoms with Crippen molar-refractivity contribution >= 4 is 58.3 Å². The molecular weight excluding hydrogens is 696 g/mol. The van der Waals surface area contributed by atoms with E-state index in [1.807, 2.05) is 0 Å². The van der Waals surface area contributed by atoms with Crippen LogP contribution in [-0.4, -0.2) is 54.0 Å². The topological polar surface area (TPSA) is 135 Å². The van der Waals surface area contributed by atoms with Crippen molar-refractivity contribution in [2.24, 2.45) is 0 Å². The number of nitro benzene ring substituents is 1. The van der Waals surface area contributed by atoms with E-state index < -0.39 is 47.4 Å². The van der Waals surface area contributed by atoms with Gasteiger partial charge in [-0.2, -0.15) is 0 Å². The average Bonchev–Trinajstić information content (AvgIpc) is 3.49. The summed E-state index contributed by atoms with van der Waals surface area (Å²) >= 11 is 8.11. The second kappa shape index (κ2) is 14.7. The number of ether oxygens (including phenoxy) is 4. The van der Waals surface area contributed by atoms with Gasteiger partial charge in [0.05, 0.1) is 38.0 Å². The third-order valence-electron chi connectivity index (χ3n) is 8.26. The van der Waals surface area contributed by atoms with E-state index in [1.165, 1.54) is 23.9 Å². The second-order valence-electron chi connectivity index (χ2n) is 11.5. The van der Waals surface area contributed by atoms with Gasteiger partial charge in [0.1, 0.15) is 12.7 Å². The van der Waals surface area contributed by atoms with Gasteiger partial charge in [0.15, 0.2) is 18.4 Å². The van der Waals surface area contributed by atoms with E-state index in [4.69, 9.17) is 30.5 Å². The van der Waals surface area contributed by atoms with Gasteiger partial charge < -0.3 is 23.8 Å². The quantitative estimate of drug-likeness (QED) is 0.0636. The Hall–Kier alpha value is -5.69. The largest absolute Gasteiger partial charge is 0.459 e. The maximum Gasteiger partial charge on any atom is 0.338 e. The lowest BCUT2D eigenvalue weighted by atomic mass is 10.1. The lowest BCUT2D eigenvalue weighted by molar-refractivity contribution is -0.385. The highest BCUT2D eigenvalue weighted by Gasteiger charge is 2.54. The molecule has 2 aliphatic rings. The Labute approximate surface area is 300 Å². The summed E-state index contributed by atoms with van der Waals surface area (Å²) in [7, 11) is 0. The highest BCUT2D eigenvalue weighted by molar-refractivity contribution is 7.99. The Morgan fingerprint density at radius 2 is 1.29 bits per heavy atom. The molecule has 51 heavy (non-hydrogen) atoms. The molecule has 2 heterocycles. The summed E-state index contributed by atoms with van der Waals surface area (Å²) in [4.78, 5) is 54.5. The van der Waals surface area contributed by atoms with Crippen molar-refractivity contribution in [2.75, 3.05) is 11.5 Å². The third kappa shape index (κ3) is 7.02. The van der Waals surface area contributed by atoms with Crippen molar-refractivity contribution in [1.29, 1.82) is 0 Å². The first-order valence-corrected chi connectivity index (χ1v) is 16.9. The minimum atomic E-state index is -1.33. The molecule has 2 aliphatic heterocycles. The fraction of sp³-hybridized carbons (Fsp3) is 0.132. The van der Waals surface area contributed by atoms with E-state index in [1.54, 1.807) is 120 Å². The van der Waals surface area contributed by atoms with Crippen LogP contribution in [0.3, 0.4) is 0 Å². The number of rotatable bonds is 9. The second-order valence-corrected chi connectivity index (χ2v) is 13.0. The monoisotopic (exact) mass is 722 g/mol. The fourth-order valence-electron chi connectivity index (χ4n) is 5.88. The molecule has 0 spiro atoms. The molecule has 0 amide bonds. The minimum absolute atomic E-state index is 0.133. The van der Waals surface area contributed by atoms with Crippen LogP contribution in [0.2, 0.25) is 5.02 Å². The number of non-ortho nitro benzene ring substituents is 1. The molecule has 5 aromatic rings. The Morgan fingerprint density at radius 1 is 0.725 bits per heavy atom. The average molecular weight is 723 g/mol. The van der Waals surface area contributed by atoms with E-state index >= 15 is 0 Å². The highest BCUT2D eigenvalue weighted by atomic mass is 35.5. The van der Waals surface area contributed by atoms with Crippen molar-refractivity contribution in [3.63, 3.8) is 0 Å². The normalized spacial score (nSPS) is 19.0. The third-order valence-corrected chi connectivity index (χ3v) is 9.66. The van der Waals surface area contributed by atoms with Gasteiger partial charge in [0.25, 0.3) is 5.69 Å². The van der Waals surface area contributed by atoms with Crippen LogP contribution in [0.15, 0.2) is 137 Å². The molecular formula is C38H27ClN2O9S. The Kier molecular flexibility index (Phi) is 9.71. The number of hydrogen-bond donors (Lipinski definition) is 0. The van der Waals surface area contributed by atoms with Gasteiger partial charge in [-0.25, -0.2) is 14.4 Å². The lowest BCUT2D eigenvalue weighted by Gasteiger charge is -2.39. The number of carbonyl (C=O) groups excluding carboxylic acids is 3. The number of hydrogen-bond acceptors (Lipinski definition) is 11. The highest BCUT2D eigenvalue weighted by Crippen LogP contribution is 2.54. The first kappa shape index (κ1) is 33.8. The predicted octanol–water partition coefficient (Wildman–Crippen LogP) is 7.88. The summed E-state index contributed by atoms with van der Waals surface area (Å²) in [5.41, 5.74) is 1.56. The smallest absolute Gasteiger partial charge is 0.338 e. The van der Waals surface area contributed by atoms with E-state index in [2.05, 4.69) is 0 Å². The van der Waals surface area contributed by atoms with E-state index in [9.17, 15) is 24.5 Å². The molecule has 4 atom stereocenters. The number of halogens is 1. The van der Waals surface area contributed by atoms with Crippen LogP contribution >= 0.6 is 23.4 Å². The summed E-state index contributed by atoms with van der Waals surface area (Å²) in [6.07, 6.45) is -5.01. The van der Waals surface area contributed by atoms with E-state index in [0.717, 1.165) is 0 Å². The molecule has 0 radical (unpaired) electrons. The number of nitro groups is 1. The number of carbonyl (C=O) groups is 3. The van der Waals surface area contributed by atoms with Gasteiger partial charge in [-0.3, -0.25) is 10.1 Å². The molecule has 256 valence electrons. The van der Waals surface area contributed by atoms with Crippen LogP contribution in [0.5, 0.6) is 0 Å². The van der Waals surface area contributed by atoms with Gasteiger partial charge in [0.2, 0.25) is 0 Å². The SMILES string of the molecule is O=C(OC[C@H]1O[C@@H](N2c3ccc([N+](=O)[O-])cc3Sc3cccc(Cl)c32)[C@H](OC(=O)c2ccccc2)[C@@H]1OC(=O)c1ccccc1)c1ccccc1. The summed E-state index contributed by atoms with van der Waals surface area (Å²) in [6, 6.07) is 34.4. The van der Waals surface area contributed by atoms with Gasteiger partial charge in [-0.05, 0) is 54.6 Å². The maximum atomic E-state index is 13.7. The molecule has 0 aliphatic carbocycles. The molecule has 13 heteroatoms. The van der Waals surface area contributed by atoms with Crippen LogP contribution in [-0.2, 0) is 18.9 Å². The summed E-state index contributed by atoms with van der Waals surface area (Å²) in [5.74, 6) is -2.10.